The van der Waals surface area contributed by atoms with Crippen molar-refractivity contribution < 1.29 is 9.18 Å². The third-order valence-electron chi connectivity index (χ3n) is 3.68. The Morgan fingerprint density at radius 2 is 2.18 bits per heavy atom. The molecule has 7 heteroatoms. The van der Waals surface area contributed by atoms with Gasteiger partial charge in [0.25, 0.3) is 0 Å². The van der Waals surface area contributed by atoms with Crippen molar-refractivity contribution in [3.63, 3.8) is 0 Å². The van der Waals surface area contributed by atoms with Gasteiger partial charge in [0.05, 0.1) is 0 Å². The Kier molecular flexibility index (Phi) is 4.04. The van der Waals surface area contributed by atoms with Crippen LogP contribution in [0.1, 0.15) is 25.1 Å². The maximum atomic E-state index is 13.1. The first-order chi connectivity index (χ1) is 10.6. The molecule has 1 aromatic heterocycles. The number of fused-ring (bicyclic) bond motifs is 1. The van der Waals surface area contributed by atoms with Crippen LogP contribution in [-0.4, -0.2) is 20.3 Å². The van der Waals surface area contributed by atoms with Gasteiger partial charge in [0.1, 0.15) is 18.2 Å². The second-order valence-corrected chi connectivity index (χ2v) is 5.38. The fraction of sp³-hybridized carbons (Fsp3) is 0.400. The maximum Gasteiger partial charge on any atom is 0.346 e. The number of hydrogen-bond acceptors (Lipinski definition) is 3. The van der Waals surface area contributed by atoms with Crippen LogP contribution < -0.4 is 11.0 Å². The van der Waals surface area contributed by atoms with Crippen molar-refractivity contribution in [1.29, 1.82) is 0 Å². The molecule has 1 aliphatic heterocycles. The van der Waals surface area contributed by atoms with E-state index in [1.807, 2.05) is 0 Å². The summed E-state index contributed by atoms with van der Waals surface area (Å²) in [5.41, 5.74) is 0.102. The van der Waals surface area contributed by atoms with E-state index in [9.17, 15) is 14.0 Å². The van der Waals surface area contributed by atoms with Gasteiger partial charge in [0, 0.05) is 18.7 Å². The van der Waals surface area contributed by atoms with E-state index < -0.39 is 11.7 Å². The van der Waals surface area contributed by atoms with Crippen molar-refractivity contribution in [3.05, 3.63) is 46.4 Å². The van der Waals surface area contributed by atoms with E-state index in [-0.39, 0.29) is 12.2 Å². The third kappa shape index (κ3) is 3.08. The van der Waals surface area contributed by atoms with Gasteiger partial charge in [-0.15, -0.1) is 0 Å². The lowest BCUT2D eigenvalue weighted by molar-refractivity contribution is -0.117. The van der Waals surface area contributed by atoms with Gasteiger partial charge in [-0.2, -0.15) is 5.10 Å². The third-order valence-corrected chi connectivity index (χ3v) is 3.68. The molecule has 1 N–H and O–H groups in total. The van der Waals surface area contributed by atoms with Crippen LogP contribution in [0.25, 0.3) is 0 Å². The van der Waals surface area contributed by atoms with Crippen LogP contribution in [0.5, 0.6) is 0 Å². The van der Waals surface area contributed by atoms with Crippen LogP contribution in [0.4, 0.5) is 10.1 Å². The Hall–Kier alpha value is -2.44. The molecule has 2 aromatic rings. The van der Waals surface area contributed by atoms with Crippen molar-refractivity contribution in [2.24, 2.45) is 0 Å². The summed E-state index contributed by atoms with van der Waals surface area (Å²) in [6, 6.07) is 5.62. The molecule has 0 saturated carbocycles. The first-order valence-electron chi connectivity index (χ1n) is 7.35. The number of halogens is 1. The zero-order chi connectivity index (χ0) is 15.5. The molecule has 1 aromatic carbocycles. The van der Waals surface area contributed by atoms with Gasteiger partial charge in [0.15, 0.2) is 0 Å². The number of anilines is 1. The second-order valence-electron chi connectivity index (χ2n) is 5.38. The Balaban J connectivity index is 1.73. The minimum absolute atomic E-state index is 0.171. The summed E-state index contributed by atoms with van der Waals surface area (Å²) in [7, 11) is 0. The average Bonchev–Trinajstić information content (AvgIpc) is 2.65. The van der Waals surface area contributed by atoms with Gasteiger partial charge in [-0.1, -0.05) is 12.5 Å². The fourth-order valence-electron chi connectivity index (χ4n) is 2.63. The fourth-order valence-corrected chi connectivity index (χ4v) is 2.63. The molecule has 0 saturated heterocycles. The van der Waals surface area contributed by atoms with E-state index >= 15 is 0 Å². The molecule has 0 radical (unpaired) electrons. The molecule has 116 valence electrons. The van der Waals surface area contributed by atoms with E-state index in [1.165, 1.54) is 22.9 Å². The number of aromatic nitrogens is 3. The Morgan fingerprint density at radius 1 is 1.32 bits per heavy atom. The highest BCUT2D eigenvalue weighted by Gasteiger charge is 2.17. The maximum absolute atomic E-state index is 13.1. The molecule has 0 spiro atoms. The average molecular weight is 304 g/mol. The van der Waals surface area contributed by atoms with Crippen molar-refractivity contribution >= 4 is 11.6 Å². The zero-order valence-electron chi connectivity index (χ0n) is 12.1. The molecule has 0 atom stereocenters. The normalized spacial score (nSPS) is 14.2. The molecule has 2 heterocycles. The number of aryl methyl sites for hydroxylation is 1. The number of hydrogen-bond donors (Lipinski definition) is 1. The summed E-state index contributed by atoms with van der Waals surface area (Å²) in [4.78, 5) is 24.2. The predicted octanol–water partition coefficient (Wildman–Crippen LogP) is 1.55. The molecule has 0 fully saturated rings. The number of amides is 1. The van der Waals surface area contributed by atoms with Crippen LogP contribution in [0.2, 0.25) is 0 Å². The van der Waals surface area contributed by atoms with E-state index in [4.69, 9.17) is 0 Å². The van der Waals surface area contributed by atoms with Crippen LogP contribution in [0, 0.1) is 5.82 Å². The quantitative estimate of drug-likeness (QED) is 0.935. The van der Waals surface area contributed by atoms with Crippen LogP contribution in [0.3, 0.4) is 0 Å². The SMILES string of the molecule is O=C(Cn1nc2n(c1=O)CCCCC2)Nc1cccc(F)c1. The lowest BCUT2D eigenvalue weighted by Gasteiger charge is -2.04. The van der Waals surface area contributed by atoms with E-state index in [0.29, 0.717) is 12.2 Å². The van der Waals surface area contributed by atoms with Crippen LogP contribution in [-0.2, 0) is 24.3 Å². The van der Waals surface area contributed by atoms with E-state index in [2.05, 4.69) is 10.4 Å². The van der Waals surface area contributed by atoms with Gasteiger partial charge < -0.3 is 5.32 Å². The monoisotopic (exact) mass is 304 g/mol. The minimum atomic E-state index is -0.427. The molecule has 6 nitrogen and oxygen atoms in total. The highest BCUT2D eigenvalue weighted by atomic mass is 19.1. The summed E-state index contributed by atoms with van der Waals surface area (Å²) < 4.78 is 15.9. The number of nitrogens with zero attached hydrogens (tertiary/aromatic N) is 3. The molecule has 1 aliphatic rings. The van der Waals surface area contributed by atoms with Gasteiger partial charge in [0.2, 0.25) is 5.91 Å². The number of rotatable bonds is 3. The molecule has 0 aliphatic carbocycles. The van der Waals surface area contributed by atoms with Gasteiger partial charge in [-0.05, 0) is 31.0 Å². The van der Waals surface area contributed by atoms with Crippen molar-refractivity contribution in [2.45, 2.75) is 38.8 Å². The van der Waals surface area contributed by atoms with E-state index in [0.717, 1.165) is 31.5 Å². The number of carbonyl (C=O) groups excluding carboxylic acids is 1. The molecule has 1 amide bonds. The zero-order valence-corrected chi connectivity index (χ0v) is 12.1. The highest BCUT2D eigenvalue weighted by molar-refractivity contribution is 5.90. The lowest BCUT2D eigenvalue weighted by atomic mass is 10.2. The molecule has 0 bridgehead atoms. The van der Waals surface area contributed by atoms with Gasteiger partial charge in [-0.25, -0.2) is 13.9 Å². The predicted molar refractivity (Wildman–Crippen MR) is 79.1 cm³/mol. The van der Waals surface area contributed by atoms with Gasteiger partial charge in [-0.3, -0.25) is 9.36 Å². The summed E-state index contributed by atoms with van der Waals surface area (Å²) in [5, 5.41) is 6.80. The minimum Gasteiger partial charge on any atom is -0.324 e. The number of benzene rings is 1. The molecule has 0 unspecified atom stereocenters. The van der Waals surface area contributed by atoms with Crippen molar-refractivity contribution in [2.75, 3.05) is 5.32 Å². The molecular formula is C15H17FN4O2. The second kappa shape index (κ2) is 6.13. The Labute approximate surface area is 126 Å². The Bertz CT molecular complexity index is 750. The molecule has 22 heavy (non-hydrogen) atoms. The smallest absolute Gasteiger partial charge is 0.324 e. The summed E-state index contributed by atoms with van der Waals surface area (Å²) in [5.74, 6) is -0.0920. The Morgan fingerprint density at radius 3 is 3.00 bits per heavy atom. The summed E-state index contributed by atoms with van der Waals surface area (Å²) >= 11 is 0. The first-order valence-corrected chi connectivity index (χ1v) is 7.35. The van der Waals surface area contributed by atoms with E-state index in [1.54, 1.807) is 10.6 Å². The largest absolute Gasteiger partial charge is 0.346 e. The van der Waals surface area contributed by atoms with Crippen LogP contribution >= 0.6 is 0 Å². The topological polar surface area (TPSA) is 68.9 Å². The van der Waals surface area contributed by atoms with Crippen LogP contribution in [0.15, 0.2) is 29.1 Å². The molecule has 3 rings (SSSR count). The van der Waals surface area contributed by atoms with Crippen molar-refractivity contribution in [1.82, 2.24) is 14.3 Å². The molecular weight excluding hydrogens is 287 g/mol. The number of carbonyl (C=O) groups is 1. The summed E-state index contributed by atoms with van der Waals surface area (Å²) in [6.45, 7) is 0.481. The standard InChI is InChI=1S/C15H17FN4O2/c16-11-5-4-6-12(9-11)17-14(21)10-20-15(22)19-8-3-1-2-7-13(19)18-20/h4-6,9H,1-3,7-8,10H2,(H,17,21). The first kappa shape index (κ1) is 14.5. The highest BCUT2D eigenvalue weighted by Crippen LogP contribution is 2.11. The summed E-state index contributed by atoms with van der Waals surface area (Å²) in [6.07, 6.45) is 3.80. The lowest BCUT2D eigenvalue weighted by Crippen LogP contribution is -2.30. The van der Waals surface area contributed by atoms with Gasteiger partial charge >= 0.3 is 5.69 Å². The van der Waals surface area contributed by atoms with Crippen molar-refractivity contribution in [3.8, 4) is 0 Å². The number of nitrogens with one attached hydrogen (secondary N) is 1.